The summed E-state index contributed by atoms with van der Waals surface area (Å²) in [4.78, 5) is 18.5. The molecule has 0 aliphatic carbocycles. The molecule has 3 aromatic rings. The monoisotopic (exact) mass is 420 g/mol. The van der Waals surface area contributed by atoms with Crippen LogP contribution < -0.4 is 14.9 Å². The van der Waals surface area contributed by atoms with Crippen LogP contribution in [0.2, 0.25) is 0 Å². The van der Waals surface area contributed by atoms with Gasteiger partial charge in [0, 0.05) is 18.5 Å². The number of pyridine rings is 1. The largest absolute Gasteiger partial charge is 0.493 e. The fourth-order valence-corrected chi connectivity index (χ4v) is 3.23. The number of nitrogens with one attached hydrogen (secondary N) is 1. The molecular weight excluding hydrogens is 396 g/mol. The van der Waals surface area contributed by atoms with E-state index in [1.54, 1.807) is 30.4 Å². The number of nitrogens with zero attached hydrogens (tertiary/aromatic N) is 3. The van der Waals surface area contributed by atoms with Crippen LogP contribution in [0.15, 0.2) is 59.7 Å². The quantitative estimate of drug-likeness (QED) is 0.467. The van der Waals surface area contributed by atoms with E-state index < -0.39 is 0 Å². The summed E-state index contributed by atoms with van der Waals surface area (Å²) in [7, 11) is 1.56. The van der Waals surface area contributed by atoms with Gasteiger partial charge in [-0.25, -0.2) is 4.98 Å². The summed E-state index contributed by atoms with van der Waals surface area (Å²) in [5.41, 5.74) is 4.66. The Labute approximate surface area is 180 Å². The van der Waals surface area contributed by atoms with Gasteiger partial charge in [0.2, 0.25) is 0 Å². The SMILES string of the molecule is COc1cc(/C=N\Nc2ccc3ccccc3n2)ccc1OCC(=O)N1CCOCC1. The zero-order chi connectivity index (χ0) is 21.5. The molecule has 31 heavy (non-hydrogen) atoms. The van der Waals surface area contributed by atoms with Crippen molar-refractivity contribution in [3.63, 3.8) is 0 Å². The molecule has 1 amide bonds. The van der Waals surface area contributed by atoms with Gasteiger partial charge in [-0.2, -0.15) is 5.10 Å². The van der Waals surface area contributed by atoms with Gasteiger partial charge in [0.25, 0.3) is 5.91 Å². The molecule has 0 unspecified atom stereocenters. The van der Waals surface area contributed by atoms with E-state index in [4.69, 9.17) is 14.2 Å². The molecule has 1 aromatic heterocycles. The molecule has 0 atom stereocenters. The number of rotatable bonds is 7. The van der Waals surface area contributed by atoms with Gasteiger partial charge in [0.05, 0.1) is 32.1 Å². The van der Waals surface area contributed by atoms with Gasteiger partial charge in [-0.1, -0.05) is 18.2 Å². The Morgan fingerprint density at radius 3 is 2.84 bits per heavy atom. The number of fused-ring (bicyclic) bond motifs is 1. The number of hydrazone groups is 1. The predicted molar refractivity (Wildman–Crippen MR) is 119 cm³/mol. The third kappa shape index (κ3) is 5.29. The lowest BCUT2D eigenvalue weighted by Gasteiger charge is -2.26. The molecule has 160 valence electrons. The van der Waals surface area contributed by atoms with E-state index in [1.807, 2.05) is 42.5 Å². The number of methoxy groups -OCH3 is 1. The van der Waals surface area contributed by atoms with Gasteiger partial charge in [-0.3, -0.25) is 10.2 Å². The standard InChI is InChI=1S/C23H24N4O4/c1-29-21-14-17(6-8-20(21)31-16-23(28)27-10-12-30-13-11-27)15-24-26-22-9-7-18-4-2-3-5-19(18)25-22/h2-9,14-15H,10-13,16H2,1H3,(H,25,26)/b24-15-. The van der Waals surface area contributed by atoms with Crippen molar-refractivity contribution in [1.82, 2.24) is 9.88 Å². The Bertz CT molecular complexity index is 1080. The number of amides is 1. The highest BCUT2D eigenvalue weighted by Crippen LogP contribution is 2.27. The number of anilines is 1. The minimum absolute atomic E-state index is 0.0427. The molecule has 1 aliphatic rings. The summed E-state index contributed by atoms with van der Waals surface area (Å²) in [6, 6.07) is 17.2. The van der Waals surface area contributed by atoms with Crippen LogP contribution in [0, 0.1) is 0 Å². The summed E-state index contributed by atoms with van der Waals surface area (Å²) >= 11 is 0. The number of aromatic nitrogens is 1. The van der Waals surface area contributed by atoms with Gasteiger partial charge in [0.15, 0.2) is 18.1 Å². The van der Waals surface area contributed by atoms with E-state index in [9.17, 15) is 4.79 Å². The first-order valence-electron chi connectivity index (χ1n) is 10.0. The normalized spacial score (nSPS) is 14.0. The molecule has 0 radical (unpaired) electrons. The molecule has 0 spiro atoms. The Kier molecular flexibility index (Phi) is 6.59. The van der Waals surface area contributed by atoms with E-state index in [0.717, 1.165) is 16.5 Å². The van der Waals surface area contributed by atoms with Gasteiger partial charge in [-0.05, 0) is 42.0 Å². The highest BCUT2D eigenvalue weighted by Gasteiger charge is 2.18. The smallest absolute Gasteiger partial charge is 0.260 e. The second-order valence-electron chi connectivity index (χ2n) is 6.95. The number of hydrogen-bond acceptors (Lipinski definition) is 7. The molecule has 1 aliphatic heterocycles. The minimum Gasteiger partial charge on any atom is -0.493 e. The van der Waals surface area contributed by atoms with Gasteiger partial charge in [-0.15, -0.1) is 0 Å². The number of para-hydroxylation sites is 1. The van der Waals surface area contributed by atoms with Crippen molar-refractivity contribution in [3.05, 3.63) is 60.2 Å². The number of hydrogen-bond donors (Lipinski definition) is 1. The van der Waals surface area contributed by atoms with Crippen LogP contribution in [0.1, 0.15) is 5.56 Å². The Balaban J connectivity index is 1.36. The fourth-order valence-electron chi connectivity index (χ4n) is 3.23. The Hall–Kier alpha value is -3.65. The molecule has 2 heterocycles. The van der Waals surface area contributed by atoms with Crippen LogP contribution in [0.3, 0.4) is 0 Å². The second kappa shape index (κ2) is 9.90. The van der Waals surface area contributed by atoms with Crippen LogP contribution in [-0.2, 0) is 9.53 Å². The minimum atomic E-state index is -0.0666. The molecule has 0 saturated carbocycles. The zero-order valence-electron chi connectivity index (χ0n) is 17.3. The maximum Gasteiger partial charge on any atom is 0.260 e. The number of carbonyl (C=O) groups excluding carboxylic acids is 1. The van der Waals surface area contributed by atoms with Crippen LogP contribution in [0.25, 0.3) is 10.9 Å². The number of carbonyl (C=O) groups is 1. The molecular formula is C23H24N4O4. The van der Waals surface area contributed by atoms with Crippen molar-refractivity contribution in [2.24, 2.45) is 5.10 Å². The maximum absolute atomic E-state index is 12.3. The van der Waals surface area contributed by atoms with Crippen LogP contribution in [-0.4, -0.2) is 62.0 Å². The van der Waals surface area contributed by atoms with E-state index in [0.29, 0.717) is 43.6 Å². The maximum atomic E-state index is 12.3. The Morgan fingerprint density at radius 1 is 1.16 bits per heavy atom. The first kappa shape index (κ1) is 20.6. The van der Waals surface area contributed by atoms with E-state index in [-0.39, 0.29) is 12.5 Å². The van der Waals surface area contributed by atoms with Gasteiger partial charge >= 0.3 is 0 Å². The Morgan fingerprint density at radius 2 is 2.00 bits per heavy atom. The van der Waals surface area contributed by atoms with Crippen LogP contribution >= 0.6 is 0 Å². The van der Waals surface area contributed by atoms with Gasteiger partial charge in [0.1, 0.15) is 5.82 Å². The molecule has 2 aromatic carbocycles. The van der Waals surface area contributed by atoms with E-state index >= 15 is 0 Å². The lowest BCUT2D eigenvalue weighted by Crippen LogP contribution is -2.43. The van der Waals surface area contributed by atoms with Crippen molar-refractivity contribution in [1.29, 1.82) is 0 Å². The number of benzene rings is 2. The molecule has 0 bridgehead atoms. The highest BCUT2D eigenvalue weighted by atomic mass is 16.5. The average Bonchev–Trinajstić information content (AvgIpc) is 2.83. The summed E-state index contributed by atoms with van der Waals surface area (Å²) in [6.45, 7) is 2.26. The third-order valence-electron chi connectivity index (χ3n) is 4.89. The third-order valence-corrected chi connectivity index (χ3v) is 4.89. The highest BCUT2D eigenvalue weighted by molar-refractivity contribution is 5.83. The summed E-state index contributed by atoms with van der Waals surface area (Å²) in [6.07, 6.45) is 1.67. The molecule has 1 N–H and O–H groups in total. The first-order valence-corrected chi connectivity index (χ1v) is 10.0. The molecule has 1 saturated heterocycles. The van der Waals surface area contributed by atoms with Crippen LogP contribution in [0.4, 0.5) is 5.82 Å². The molecule has 1 fully saturated rings. The van der Waals surface area contributed by atoms with Crippen molar-refractivity contribution in [2.45, 2.75) is 0 Å². The topological polar surface area (TPSA) is 85.3 Å². The summed E-state index contributed by atoms with van der Waals surface area (Å²) in [5, 5.41) is 5.33. The molecule has 8 heteroatoms. The van der Waals surface area contributed by atoms with Crippen molar-refractivity contribution in [3.8, 4) is 11.5 Å². The van der Waals surface area contributed by atoms with Crippen LogP contribution in [0.5, 0.6) is 11.5 Å². The second-order valence-corrected chi connectivity index (χ2v) is 6.95. The first-order chi connectivity index (χ1) is 15.2. The molecule has 8 nitrogen and oxygen atoms in total. The molecule has 4 rings (SSSR count). The number of ether oxygens (including phenoxy) is 3. The van der Waals surface area contributed by atoms with Crippen molar-refractivity contribution >= 4 is 28.8 Å². The van der Waals surface area contributed by atoms with Gasteiger partial charge < -0.3 is 19.1 Å². The lowest BCUT2D eigenvalue weighted by molar-refractivity contribution is -0.137. The summed E-state index contributed by atoms with van der Waals surface area (Å²) < 4.78 is 16.4. The van der Waals surface area contributed by atoms with E-state index in [1.165, 1.54) is 0 Å². The van der Waals surface area contributed by atoms with Crippen molar-refractivity contribution < 1.29 is 19.0 Å². The summed E-state index contributed by atoms with van der Waals surface area (Å²) in [5.74, 6) is 1.62. The number of morpholine rings is 1. The fraction of sp³-hybridized carbons (Fsp3) is 0.261. The van der Waals surface area contributed by atoms with Crippen molar-refractivity contribution in [2.75, 3.05) is 45.4 Å². The zero-order valence-corrected chi connectivity index (χ0v) is 17.3. The lowest BCUT2D eigenvalue weighted by atomic mass is 10.2. The average molecular weight is 420 g/mol. The predicted octanol–water partition coefficient (Wildman–Crippen LogP) is 2.93. The van der Waals surface area contributed by atoms with E-state index in [2.05, 4.69) is 15.5 Å².